The van der Waals surface area contributed by atoms with E-state index in [1.54, 1.807) is 11.3 Å². The Labute approximate surface area is 133 Å². The van der Waals surface area contributed by atoms with E-state index in [4.69, 9.17) is 11.6 Å². The Hall–Kier alpha value is -1.65. The van der Waals surface area contributed by atoms with Gasteiger partial charge in [-0.05, 0) is 37.1 Å². The normalized spacial score (nSPS) is 11.0. The maximum Gasteiger partial charge on any atom is 0.225 e. The van der Waals surface area contributed by atoms with Crippen LogP contribution in [0.3, 0.4) is 0 Å². The predicted molar refractivity (Wildman–Crippen MR) is 91.4 cm³/mol. The van der Waals surface area contributed by atoms with Crippen LogP contribution < -0.4 is 4.90 Å². The predicted octanol–water partition coefficient (Wildman–Crippen LogP) is 4.86. The molecule has 2 heterocycles. The molecule has 3 nitrogen and oxygen atoms in total. The molecule has 0 aliphatic heterocycles. The third-order valence-corrected chi connectivity index (χ3v) is 4.71. The van der Waals surface area contributed by atoms with Gasteiger partial charge in [0.05, 0.1) is 5.39 Å². The van der Waals surface area contributed by atoms with Gasteiger partial charge in [0.25, 0.3) is 0 Å². The van der Waals surface area contributed by atoms with Crippen molar-refractivity contribution in [3.63, 3.8) is 0 Å². The van der Waals surface area contributed by atoms with Crippen molar-refractivity contribution < 1.29 is 0 Å². The third kappa shape index (κ3) is 2.74. The lowest BCUT2D eigenvalue weighted by Gasteiger charge is -2.20. The van der Waals surface area contributed by atoms with Gasteiger partial charge in [0.1, 0.15) is 10.6 Å². The quantitative estimate of drug-likeness (QED) is 0.644. The Morgan fingerprint density at radius 3 is 2.48 bits per heavy atom. The highest BCUT2D eigenvalue weighted by Crippen LogP contribution is 2.37. The average Bonchev–Trinajstić information content (AvgIpc) is 2.93. The van der Waals surface area contributed by atoms with Crippen LogP contribution in [0.25, 0.3) is 20.7 Å². The molecular formula is C16H16ClN3S. The number of anilines is 1. The van der Waals surface area contributed by atoms with Gasteiger partial charge < -0.3 is 4.90 Å². The van der Waals surface area contributed by atoms with Crippen LogP contribution in [0, 0.1) is 0 Å². The summed E-state index contributed by atoms with van der Waals surface area (Å²) in [5.41, 5.74) is 1.20. The molecule has 0 unspecified atom stereocenters. The summed E-state index contributed by atoms with van der Waals surface area (Å²) in [5, 5.41) is 1.39. The van der Waals surface area contributed by atoms with Gasteiger partial charge in [0.2, 0.25) is 5.28 Å². The van der Waals surface area contributed by atoms with Crippen molar-refractivity contribution in [1.29, 1.82) is 0 Å². The number of hydrogen-bond acceptors (Lipinski definition) is 4. The van der Waals surface area contributed by atoms with Gasteiger partial charge in [-0.2, -0.15) is 4.98 Å². The van der Waals surface area contributed by atoms with Crippen LogP contribution in [-0.2, 0) is 0 Å². The van der Waals surface area contributed by atoms with E-state index in [-0.39, 0.29) is 0 Å². The summed E-state index contributed by atoms with van der Waals surface area (Å²) >= 11 is 7.75. The second-order valence-corrected chi connectivity index (χ2v) is 6.05. The smallest absolute Gasteiger partial charge is 0.225 e. The molecule has 0 saturated carbocycles. The maximum atomic E-state index is 6.09. The molecule has 0 atom stereocenters. The summed E-state index contributed by atoms with van der Waals surface area (Å²) in [4.78, 5) is 13.2. The maximum absolute atomic E-state index is 6.09. The number of hydrogen-bond donors (Lipinski definition) is 0. The molecule has 3 aromatic rings. The number of thiophene rings is 1. The molecular weight excluding hydrogens is 302 g/mol. The fourth-order valence-electron chi connectivity index (χ4n) is 2.39. The first-order chi connectivity index (χ1) is 10.2. The molecule has 5 heteroatoms. The number of fused-ring (bicyclic) bond motifs is 1. The molecule has 0 spiro atoms. The minimum atomic E-state index is 0.311. The molecule has 21 heavy (non-hydrogen) atoms. The molecule has 0 aliphatic rings. The number of benzene rings is 1. The Morgan fingerprint density at radius 1 is 1.10 bits per heavy atom. The largest absolute Gasteiger partial charge is 0.356 e. The lowest BCUT2D eigenvalue weighted by atomic mass is 10.2. The third-order valence-electron chi connectivity index (χ3n) is 3.47. The van der Waals surface area contributed by atoms with Gasteiger partial charge in [0.15, 0.2) is 0 Å². The van der Waals surface area contributed by atoms with Gasteiger partial charge >= 0.3 is 0 Å². The van der Waals surface area contributed by atoms with Crippen molar-refractivity contribution >= 4 is 39.0 Å². The minimum absolute atomic E-state index is 0.311. The Bertz CT molecular complexity index is 751. The zero-order valence-electron chi connectivity index (χ0n) is 12.0. The van der Waals surface area contributed by atoms with Gasteiger partial charge in [-0.1, -0.05) is 30.3 Å². The minimum Gasteiger partial charge on any atom is -0.356 e. The van der Waals surface area contributed by atoms with Gasteiger partial charge in [-0.25, -0.2) is 4.98 Å². The molecule has 0 saturated heterocycles. The van der Waals surface area contributed by atoms with Crippen molar-refractivity contribution in [2.24, 2.45) is 0 Å². The lowest BCUT2D eigenvalue weighted by molar-refractivity contribution is 0.849. The highest BCUT2D eigenvalue weighted by atomic mass is 35.5. The number of halogens is 1. The van der Waals surface area contributed by atoms with E-state index in [1.165, 1.54) is 10.4 Å². The SMILES string of the molecule is CCN(CC)c1nc(Cl)nc2sc(-c3ccccc3)cc12. The van der Waals surface area contributed by atoms with Crippen LogP contribution >= 0.6 is 22.9 Å². The zero-order chi connectivity index (χ0) is 14.8. The van der Waals surface area contributed by atoms with Crippen molar-refractivity contribution in [2.45, 2.75) is 13.8 Å². The summed E-state index contributed by atoms with van der Waals surface area (Å²) in [5.74, 6) is 0.924. The zero-order valence-corrected chi connectivity index (χ0v) is 13.6. The van der Waals surface area contributed by atoms with E-state index in [9.17, 15) is 0 Å². The van der Waals surface area contributed by atoms with Crippen LogP contribution in [-0.4, -0.2) is 23.1 Å². The van der Waals surface area contributed by atoms with E-state index in [1.807, 2.05) is 18.2 Å². The molecule has 1 aromatic carbocycles. The van der Waals surface area contributed by atoms with Crippen molar-refractivity contribution in [1.82, 2.24) is 9.97 Å². The van der Waals surface area contributed by atoms with Crippen LogP contribution in [0.5, 0.6) is 0 Å². The molecule has 0 bridgehead atoms. The second kappa shape index (κ2) is 6.00. The van der Waals surface area contributed by atoms with Gasteiger partial charge in [0, 0.05) is 18.0 Å². The van der Waals surface area contributed by atoms with E-state index in [0.717, 1.165) is 29.1 Å². The Morgan fingerprint density at radius 2 is 1.81 bits per heavy atom. The standard InChI is InChI=1S/C16H16ClN3S/c1-3-20(4-2)14-12-10-13(11-8-6-5-7-9-11)21-15(12)19-16(17)18-14/h5-10H,3-4H2,1-2H3. The van der Waals surface area contributed by atoms with Crippen molar-refractivity contribution in [3.8, 4) is 10.4 Å². The number of aromatic nitrogens is 2. The topological polar surface area (TPSA) is 29.0 Å². The van der Waals surface area contributed by atoms with Crippen LogP contribution in [0.2, 0.25) is 5.28 Å². The number of rotatable bonds is 4. The van der Waals surface area contributed by atoms with Crippen LogP contribution in [0.1, 0.15) is 13.8 Å². The van der Waals surface area contributed by atoms with Crippen molar-refractivity contribution in [3.05, 3.63) is 41.7 Å². The molecule has 3 rings (SSSR count). The summed E-state index contributed by atoms with van der Waals surface area (Å²) in [7, 11) is 0. The van der Waals surface area contributed by atoms with E-state index < -0.39 is 0 Å². The van der Waals surface area contributed by atoms with Crippen molar-refractivity contribution in [2.75, 3.05) is 18.0 Å². The molecule has 0 fully saturated rings. The highest BCUT2D eigenvalue weighted by Gasteiger charge is 2.15. The summed E-state index contributed by atoms with van der Waals surface area (Å²) in [6, 6.07) is 12.5. The lowest BCUT2D eigenvalue weighted by Crippen LogP contribution is -2.23. The number of nitrogens with zero attached hydrogens (tertiary/aromatic N) is 3. The van der Waals surface area contributed by atoms with E-state index in [2.05, 4.69) is 46.9 Å². The molecule has 0 N–H and O–H groups in total. The first-order valence-corrected chi connectivity index (χ1v) is 8.19. The van der Waals surface area contributed by atoms with E-state index in [0.29, 0.717) is 5.28 Å². The fraction of sp³-hybridized carbons (Fsp3) is 0.250. The fourth-order valence-corrected chi connectivity index (χ4v) is 3.64. The molecule has 0 amide bonds. The second-order valence-electron chi connectivity index (χ2n) is 4.68. The molecule has 108 valence electrons. The highest BCUT2D eigenvalue weighted by molar-refractivity contribution is 7.22. The molecule has 0 aliphatic carbocycles. The summed E-state index contributed by atoms with van der Waals surface area (Å²) in [6.45, 7) is 6.04. The first kappa shape index (κ1) is 14.3. The Kier molecular flexibility index (Phi) is 4.08. The van der Waals surface area contributed by atoms with Crippen LogP contribution in [0.15, 0.2) is 36.4 Å². The van der Waals surface area contributed by atoms with Crippen LogP contribution in [0.4, 0.5) is 5.82 Å². The summed E-state index contributed by atoms with van der Waals surface area (Å²) < 4.78 is 0. The Balaban J connectivity index is 2.19. The van der Waals surface area contributed by atoms with Gasteiger partial charge in [-0.15, -0.1) is 11.3 Å². The molecule has 0 radical (unpaired) electrons. The monoisotopic (exact) mass is 317 g/mol. The van der Waals surface area contributed by atoms with Gasteiger partial charge in [-0.3, -0.25) is 0 Å². The van der Waals surface area contributed by atoms with E-state index >= 15 is 0 Å². The molecule has 2 aromatic heterocycles. The average molecular weight is 318 g/mol. The summed E-state index contributed by atoms with van der Waals surface area (Å²) in [6.07, 6.45) is 0. The first-order valence-electron chi connectivity index (χ1n) is 7.00.